The summed E-state index contributed by atoms with van der Waals surface area (Å²) in [6, 6.07) is 0. The van der Waals surface area contributed by atoms with E-state index in [4.69, 9.17) is 4.74 Å². The molecular formula is C9H21BrN2O3S. The molecular weight excluding hydrogens is 296 g/mol. The molecule has 0 rings (SSSR count). The first-order valence-electron chi connectivity index (χ1n) is 5.46. The number of hydrogen-bond acceptors (Lipinski definition) is 3. The number of alkyl halides is 1. The number of nitrogens with zero attached hydrogens (tertiary/aromatic N) is 1. The summed E-state index contributed by atoms with van der Waals surface area (Å²) in [5, 5.41) is 0.804. The second-order valence-corrected chi connectivity index (χ2v) is 5.69. The first-order valence-corrected chi connectivity index (χ1v) is 8.03. The van der Waals surface area contributed by atoms with Gasteiger partial charge in [-0.1, -0.05) is 29.8 Å². The number of hydrogen-bond donors (Lipinski definition) is 1. The molecule has 0 aliphatic rings. The molecule has 16 heavy (non-hydrogen) atoms. The maximum Gasteiger partial charge on any atom is 0.279 e. The van der Waals surface area contributed by atoms with E-state index in [2.05, 4.69) is 20.7 Å². The Morgan fingerprint density at radius 2 is 1.88 bits per heavy atom. The van der Waals surface area contributed by atoms with E-state index >= 15 is 0 Å². The van der Waals surface area contributed by atoms with E-state index < -0.39 is 10.2 Å². The first kappa shape index (κ1) is 16.3. The van der Waals surface area contributed by atoms with Crippen LogP contribution in [0.15, 0.2) is 0 Å². The van der Waals surface area contributed by atoms with Gasteiger partial charge in [0, 0.05) is 31.6 Å². The third kappa shape index (κ3) is 6.80. The van der Waals surface area contributed by atoms with Gasteiger partial charge < -0.3 is 4.74 Å². The Morgan fingerprint density at radius 3 is 2.38 bits per heavy atom. The molecule has 0 aliphatic carbocycles. The summed E-state index contributed by atoms with van der Waals surface area (Å²) >= 11 is 3.24. The molecule has 0 aliphatic heterocycles. The lowest BCUT2D eigenvalue weighted by Gasteiger charge is -2.18. The lowest BCUT2D eigenvalue weighted by Crippen LogP contribution is -2.41. The Labute approximate surface area is 107 Å². The zero-order valence-electron chi connectivity index (χ0n) is 9.91. The van der Waals surface area contributed by atoms with Crippen LogP contribution in [-0.4, -0.2) is 50.9 Å². The lowest BCUT2D eigenvalue weighted by atomic mass is 10.5. The van der Waals surface area contributed by atoms with Crippen molar-refractivity contribution in [3.63, 3.8) is 0 Å². The molecule has 0 saturated heterocycles. The molecule has 0 spiro atoms. The normalized spacial score (nSPS) is 12.2. The summed E-state index contributed by atoms with van der Waals surface area (Å²) in [5.74, 6) is 0. The van der Waals surface area contributed by atoms with Crippen LogP contribution in [0.25, 0.3) is 0 Å². The van der Waals surface area contributed by atoms with Gasteiger partial charge in [0.25, 0.3) is 10.2 Å². The molecule has 0 fully saturated rings. The standard InChI is InChI=1S/C9H21BrN2O3S/c1-3-12(4-2)16(13,14)11-7-5-8-15-9-6-10/h11H,3-9H2,1-2H3. The number of rotatable bonds is 10. The minimum absolute atomic E-state index is 0.418. The van der Waals surface area contributed by atoms with Gasteiger partial charge in [-0.25, -0.2) is 4.72 Å². The van der Waals surface area contributed by atoms with E-state index in [0.717, 1.165) is 5.33 Å². The molecule has 5 nitrogen and oxygen atoms in total. The first-order chi connectivity index (χ1) is 7.58. The molecule has 0 bridgehead atoms. The van der Waals surface area contributed by atoms with Gasteiger partial charge in [-0.2, -0.15) is 12.7 Å². The maximum atomic E-state index is 11.6. The highest BCUT2D eigenvalue weighted by molar-refractivity contribution is 9.09. The van der Waals surface area contributed by atoms with Crippen molar-refractivity contribution in [3.8, 4) is 0 Å². The highest BCUT2D eigenvalue weighted by Crippen LogP contribution is 1.96. The van der Waals surface area contributed by atoms with Crippen molar-refractivity contribution >= 4 is 26.1 Å². The Bertz CT molecular complexity index is 255. The molecule has 0 heterocycles. The van der Waals surface area contributed by atoms with Gasteiger partial charge in [-0.05, 0) is 6.42 Å². The second kappa shape index (κ2) is 9.35. The third-order valence-corrected chi connectivity index (χ3v) is 4.11. The maximum absolute atomic E-state index is 11.6. The van der Waals surface area contributed by atoms with Crippen LogP contribution >= 0.6 is 15.9 Å². The molecule has 0 aromatic heterocycles. The molecule has 0 unspecified atom stereocenters. The molecule has 0 aromatic rings. The fraction of sp³-hybridized carbons (Fsp3) is 1.00. The van der Waals surface area contributed by atoms with E-state index in [9.17, 15) is 8.42 Å². The minimum atomic E-state index is -3.30. The van der Waals surface area contributed by atoms with E-state index in [0.29, 0.717) is 39.3 Å². The summed E-state index contributed by atoms with van der Waals surface area (Å²) in [6.07, 6.45) is 0.688. The van der Waals surface area contributed by atoms with E-state index in [1.54, 1.807) is 0 Å². The largest absolute Gasteiger partial charge is 0.381 e. The van der Waals surface area contributed by atoms with Crippen molar-refractivity contribution in [2.45, 2.75) is 20.3 Å². The summed E-state index contributed by atoms with van der Waals surface area (Å²) in [7, 11) is -3.30. The molecule has 7 heteroatoms. The van der Waals surface area contributed by atoms with E-state index in [1.807, 2.05) is 13.8 Å². The smallest absolute Gasteiger partial charge is 0.279 e. The van der Waals surface area contributed by atoms with Gasteiger partial charge in [0.1, 0.15) is 0 Å². The van der Waals surface area contributed by atoms with Crippen LogP contribution in [0.3, 0.4) is 0 Å². The predicted octanol–water partition coefficient (Wildman–Crippen LogP) is 0.964. The van der Waals surface area contributed by atoms with Crippen LogP contribution in [0, 0.1) is 0 Å². The molecule has 0 aromatic carbocycles. The fourth-order valence-electron chi connectivity index (χ4n) is 1.19. The third-order valence-electron chi connectivity index (χ3n) is 2.02. The average Bonchev–Trinajstić information content (AvgIpc) is 2.24. The monoisotopic (exact) mass is 316 g/mol. The van der Waals surface area contributed by atoms with Crippen molar-refractivity contribution in [1.82, 2.24) is 9.03 Å². The van der Waals surface area contributed by atoms with Crippen LogP contribution in [0.1, 0.15) is 20.3 Å². The van der Waals surface area contributed by atoms with Gasteiger partial charge in [0.15, 0.2) is 0 Å². The second-order valence-electron chi connectivity index (χ2n) is 3.14. The summed E-state index contributed by atoms with van der Waals surface area (Å²) in [4.78, 5) is 0. The fourth-order valence-corrected chi connectivity index (χ4v) is 2.68. The van der Waals surface area contributed by atoms with Crippen LogP contribution in [0.4, 0.5) is 0 Å². The van der Waals surface area contributed by atoms with Crippen molar-refractivity contribution in [1.29, 1.82) is 0 Å². The minimum Gasteiger partial charge on any atom is -0.381 e. The highest BCUT2D eigenvalue weighted by Gasteiger charge is 2.16. The van der Waals surface area contributed by atoms with Crippen molar-refractivity contribution in [2.75, 3.05) is 38.2 Å². The van der Waals surface area contributed by atoms with Gasteiger partial charge >= 0.3 is 0 Å². The lowest BCUT2D eigenvalue weighted by molar-refractivity contribution is 0.149. The average molecular weight is 317 g/mol. The zero-order valence-corrected chi connectivity index (χ0v) is 12.3. The summed E-state index contributed by atoms with van der Waals surface area (Å²) in [5.41, 5.74) is 0. The van der Waals surface area contributed by atoms with E-state index in [-0.39, 0.29) is 0 Å². The SMILES string of the molecule is CCN(CC)S(=O)(=O)NCCCOCCBr. The van der Waals surface area contributed by atoms with Crippen LogP contribution in [-0.2, 0) is 14.9 Å². The van der Waals surface area contributed by atoms with Gasteiger partial charge in [-0.15, -0.1) is 0 Å². The van der Waals surface area contributed by atoms with Crippen LogP contribution in [0.5, 0.6) is 0 Å². The summed E-state index contributed by atoms with van der Waals surface area (Å²) < 4.78 is 32.5. The molecule has 98 valence electrons. The topological polar surface area (TPSA) is 58.6 Å². The quantitative estimate of drug-likeness (QED) is 0.482. The Hall–Kier alpha value is 0.310. The Morgan fingerprint density at radius 1 is 1.25 bits per heavy atom. The molecule has 0 amide bonds. The molecule has 0 saturated carbocycles. The molecule has 0 radical (unpaired) electrons. The van der Waals surface area contributed by atoms with E-state index in [1.165, 1.54) is 4.31 Å². The van der Waals surface area contributed by atoms with Crippen LogP contribution < -0.4 is 4.72 Å². The predicted molar refractivity (Wildman–Crippen MR) is 69.1 cm³/mol. The molecule has 0 atom stereocenters. The number of ether oxygens (including phenoxy) is 1. The van der Waals surface area contributed by atoms with Crippen LogP contribution in [0.2, 0.25) is 0 Å². The van der Waals surface area contributed by atoms with Gasteiger partial charge in [0.2, 0.25) is 0 Å². The Kier molecular flexibility index (Phi) is 9.53. The summed E-state index contributed by atoms with van der Waals surface area (Å²) in [6.45, 7) is 6.28. The van der Waals surface area contributed by atoms with Crippen molar-refractivity contribution in [2.24, 2.45) is 0 Å². The zero-order chi connectivity index (χ0) is 12.4. The van der Waals surface area contributed by atoms with Gasteiger partial charge in [0.05, 0.1) is 6.61 Å². The van der Waals surface area contributed by atoms with Crippen molar-refractivity contribution in [3.05, 3.63) is 0 Å². The van der Waals surface area contributed by atoms with Crippen molar-refractivity contribution < 1.29 is 13.2 Å². The number of nitrogens with one attached hydrogen (secondary N) is 1. The highest BCUT2D eigenvalue weighted by atomic mass is 79.9. The number of halogens is 1. The molecule has 1 N–H and O–H groups in total. The van der Waals surface area contributed by atoms with Gasteiger partial charge in [-0.3, -0.25) is 0 Å². The Balaban J connectivity index is 3.74.